The number of nitrogens with one attached hydrogen (secondary N) is 1. The molecular formula is C14H24ClN3O2. The molecular weight excluding hydrogens is 278 g/mol. The number of hydrogen-bond donors (Lipinski definition) is 2. The summed E-state index contributed by atoms with van der Waals surface area (Å²) in [7, 11) is 5.95. The van der Waals surface area contributed by atoms with Gasteiger partial charge in [0, 0.05) is 18.5 Å². The SMILES string of the molecule is COc1ccc(C[N+](C)(C)CCCNC=O)cc1N.[Cl-]. The number of carbonyl (C=O) groups excluding carboxylic acids is 1. The largest absolute Gasteiger partial charge is 1.00 e. The van der Waals surface area contributed by atoms with Crippen LogP contribution in [0.3, 0.4) is 0 Å². The number of nitrogens with zero attached hydrogens (tertiary/aromatic N) is 1. The molecule has 1 amide bonds. The van der Waals surface area contributed by atoms with Crippen molar-refractivity contribution in [1.82, 2.24) is 5.32 Å². The van der Waals surface area contributed by atoms with Crippen LogP contribution in [0.25, 0.3) is 0 Å². The lowest BCUT2D eigenvalue weighted by molar-refractivity contribution is -0.903. The second-order valence-corrected chi connectivity index (χ2v) is 5.32. The molecule has 6 heteroatoms. The molecule has 0 unspecified atom stereocenters. The summed E-state index contributed by atoms with van der Waals surface area (Å²) in [6.45, 7) is 2.61. The Morgan fingerprint density at radius 1 is 1.40 bits per heavy atom. The van der Waals surface area contributed by atoms with Crippen molar-refractivity contribution in [1.29, 1.82) is 0 Å². The van der Waals surface area contributed by atoms with Crippen LogP contribution in [0.4, 0.5) is 5.69 Å². The van der Waals surface area contributed by atoms with Crippen LogP contribution in [-0.4, -0.2) is 45.2 Å². The van der Waals surface area contributed by atoms with Gasteiger partial charge in [-0.25, -0.2) is 0 Å². The first-order valence-electron chi connectivity index (χ1n) is 6.40. The summed E-state index contributed by atoms with van der Waals surface area (Å²) in [6.07, 6.45) is 1.70. The van der Waals surface area contributed by atoms with Crippen molar-refractivity contribution in [2.24, 2.45) is 0 Å². The highest BCUT2D eigenvalue weighted by Gasteiger charge is 2.16. The van der Waals surface area contributed by atoms with Gasteiger partial charge in [-0.15, -0.1) is 0 Å². The predicted octanol–water partition coefficient (Wildman–Crippen LogP) is -2.01. The zero-order chi connectivity index (χ0) is 14.3. The molecule has 1 aromatic carbocycles. The maximum Gasteiger partial charge on any atom is 0.207 e. The van der Waals surface area contributed by atoms with Gasteiger partial charge < -0.3 is 32.7 Å². The second-order valence-electron chi connectivity index (χ2n) is 5.32. The highest BCUT2D eigenvalue weighted by atomic mass is 35.5. The topological polar surface area (TPSA) is 64.3 Å². The Kier molecular flexibility index (Phi) is 8.03. The van der Waals surface area contributed by atoms with E-state index in [2.05, 4.69) is 19.4 Å². The summed E-state index contributed by atoms with van der Waals surface area (Å²) in [5.41, 5.74) is 7.77. The van der Waals surface area contributed by atoms with E-state index in [1.54, 1.807) is 7.11 Å². The number of carbonyl (C=O) groups is 1. The van der Waals surface area contributed by atoms with E-state index in [-0.39, 0.29) is 12.4 Å². The molecule has 0 radical (unpaired) electrons. The summed E-state index contributed by atoms with van der Waals surface area (Å²) < 4.78 is 6.00. The molecule has 1 aromatic rings. The molecule has 0 aromatic heterocycles. The number of halogens is 1. The number of quaternary nitrogens is 1. The van der Waals surface area contributed by atoms with Gasteiger partial charge in [0.05, 0.1) is 33.4 Å². The predicted molar refractivity (Wildman–Crippen MR) is 76.8 cm³/mol. The lowest BCUT2D eigenvalue weighted by Crippen LogP contribution is -3.00. The van der Waals surface area contributed by atoms with E-state index in [0.717, 1.165) is 36.9 Å². The van der Waals surface area contributed by atoms with Gasteiger partial charge in [0.2, 0.25) is 6.41 Å². The number of benzene rings is 1. The third-order valence-corrected chi connectivity index (χ3v) is 3.07. The molecule has 0 fully saturated rings. The van der Waals surface area contributed by atoms with Gasteiger partial charge in [0.15, 0.2) is 0 Å². The summed E-state index contributed by atoms with van der Waals surface area (Å²) in [5.74, 6) is 0.712. The normalized spacial score (nSPS) is 10.6. The average molecular weight is 302 g/mol. The molecule has 0 aliphatic carbocycles. The van der Waals surface area contributed by atoms with Crippen LogP contribution >= 0.6 is 0 Å². The third-order valence-electron chi connectivity index (χ3n) is 3.07. The number of ether oxygens (including phenoxy) is 1. The number of nitrogen functional groups attached to an aromatic ring is 1. The van der Waals surface area contributed by atoms with Gasteiger partial charge in [-0.1, -0.05) is 0 Å². The van der Waals surface area contributed by atoms with Gasteiger partial charge >= 0.3 is 0 Å². The maximum atomic E-state index is 10.2. The minimum Gasteiger partial charge on any atom is -1.00 e. The van der Waals surface area contributed by atoms with Gasteiger partial charge in [-0.05, 0) is 18.2 Å². The molecule has 0 spiro atoms. The lowest BCUT2D eigenvalue weighted by atomic mass is 10.1. The lowest BCUT2D eigenvalue weighted by Gasteiger charge is -2.30. The van der Waals surface area contributed by atoms with E-state index in [0.29, 0.717) is 11.4 Å². The fourth-order valence-corrected chi connectivity index (χ4v) is 2.12. The van der Waals surface area contributed by atoms with Gasteiger partial charge in [0.25, 0.3) is 0 Å². The minimum absolute atomic E-state index is 0. The van der Waals surface area contributed by atoms with Crippen LogP contribution in [0.15, 0.2) is 18.2 Å². The molecule has 0 bridgehead atoms. The van der Waals surface area contributed by atoms with Gasteiger partial charge in [0.1, 0.15) is 12.3 Å². The molecule has 1 rings (SSSR count). The molecule has 0 saturated carbocycles. The maximum absolute atomic E-state index is 10.2. The Hall–Kier alpha value is -1.46. The number of hydrogen-bond acceptors (Lipinski definition) is 3. The molecule has 0 aliphatic heterocycles. The number of nitrogens with two attached hydrogens (primary N) is 1. The zero-order valence-corrected chi connectivity index (χ0v) is 13.1. The summed E-state index contributed by atoms with van der Waals surface area (Å²) in [6, 6.07) is 5.90. The molecule has 0 atom stereocenters. The number of amides is 1. The Morgan fingerprint density at radius 3 is 2.65 bits per heavy atom. The number of anilines is 1. The fourth-order valence-electron chi connectivity index (χ4n) is 2.12. The molecule has 3 N–H and O–H groups in total. The fraction of sp³-hybridized carbons (Fsp3) is 0.500. The number of rotatable bonds is 8. The Balaban J connectivity index is 0.00000361. The first kappa shape index (κ1) is 18.5. The molecule has 5 nitrogen and oxygen atoms in total. The van der Waals surface area contributed by atoms with Crippen LogP contribution in [-0.2, 0) is 11.3 Å². The minimum atomic E-state index is 0. The second kappa shape index (κ2) is 8.66. The number of methoxy groups -OCH3 is 1. The van der Waals surface area contributed by atoms with Crippen LogP contribution in [0, 0.1) is 0 Å². The van der Waals surface area contributed by atoms with Crippen molar-refractivity contribution in [3.8, 4) is 5.75 Å². The monoisotopic (exact) mass is 301 g/mol. The van der Waals surface area contributed by atoms with E-state index in [4.69, 9.17) is 10.5 Å². The van der Waals surface area contributed by atoms with Crippen molar-refractivity contribution in [3.05, 3.63) is 23.8 Å². The molecule has 0 saturated heterocycles. The van der Waals surface area contributed by atoms with Crippen molar-refractivity contribution >= 4 is 12.1 Å². The van der Waals surface area contributed by atoms with Crippen LogP contribution < -0.4 is 28.2 Å². The first-order chi connectivity index (χ1) is 8.98. The van der Waals surface area contributed by atoms with E-state index in [9.17, 15) is 4.79 Å². The van der Waals surface area contributed by atoms with Crippen molar-refractivity contribution in [2.75, 3.05) is 40.0 Å². The van der Waals surface area contributed by atoms with Crippen LogP contribution in [0.1, 0.15) is 12.0 Å². The summed E-state index contributed by atoms with van der Waals surface area (Å²) >= 11 is 0. The average Bonchev–Trinajstić information content (AvgIpc) is 2.34. The third kappa shape index (κ3) is 6.12. The quantitative estimate of drug-likeness (QED) is 0.252. The Bertz CT molecular complexity index is 425. The molecule has 20 heavy (non-hydrogen) atoms. The van der Waals surface area contributed by atoms with Crippen molar-refractivity contribution in [3.63, 3.8) is 0 Å². The standard InChI is InChI=1S/C14H23N3O2.ClH/c1-17(2,8-4-7-16-11-18)10-12-5-6-14(19-3)13(15)9-12;/h5-6,9,11H,4,7-8,10,15H2,1-3H3;1H. The van der Waals surface area contributed by atoms with E-state index in [1.165, 1.54) is 5.56 Å². The summed E-state index contributed by atoms with van der Waals surface area (Å²) in [4.78, 5) is 10.2. The molecule has 0 heterocycles. The smallest absolute Gasteiger partial charge is 0.207 e. The van der Waals surface area contributed by atoms with E-state index >= 15 is 0 Å². The Morgan fingerprint density at radius 2 is 2.10 bits per heavy atom. The van der Waals surface area contributed by atoms with E-state index in [1.807, 2.05) is 18.2 Å². The Labute approximate surface area is 127 Å². The van der Waals surface area contributed by atoms with Gasteiger partial charge in [-0.3, -0.25) is 4.79 Å². The van der Waals surface area contributed by atoms with Crippen molar-refractivity contribution in [2.45, 2.75) is 13.0 Å². The first-order valence-corrected chi connectivity index (χ1v) is 6.40. The van der Waals surface area contributed by atoms with E-state index < -0.39 is 0 Å². The highest BCUT2D eigenvalue weighted by molar-refractivity contribution is 5.54. The highest BCUT2D eigenvalue weighted by Crippen LogP contribution is 2.23. The zero-order valence-electron chi connectivity index (χ0n) is 12.4. The van der Waals surface area contributed by atoms with Crippen LogP contribution in [0.2, 0.25) is 0 Å². The van der Waals surface area contributed by atoms with Crippen molar-refractivity contribution < 1.29 is 26.4 Å². The van der Waals surface area contributed by atoms with Crippen LogP contribution in [0.5, 0.6) is 5.75 Å². The molecule has 0 aliphatic rings. The molecule has 114 valence electrons. The summed E-state index contributed by atoms with van der Waals surface area (Å²) in [5, 5.41) is 2.68. The van der Waals surface area contributed by atoms with Gasteiger partial charge in [-0.2, -0.15) is 0 Å².